The molecule has 0 fully saturated rings. The van der Waals surface area contributed by atoms with Crippen molar-refractivity contribution in [1.82, 2.24) is 4.90 Å². The zero-order valence-corrected chi connectivity index (χ0v) is 36.4. The number of anilines is 1. The number of fused-ring (bicyclic) bond motifs is 14. The highest BCUT2D eigenvalue weighted by Crippen LogP contribution is 2.55. The van der Waals surface area contributed by atoms with Gasteiger partial charge >= 0.3 is 11.8 Å². The number of ether oxygens (including phenoxy) is 4. The summed E-state index contributed by atoms with van der Waals surface area (Å²) in [6.07, 6.45) is 4.58. The summed E-state index contributed by atoms with van der Waals surface area (Å²) >= 11 is 0. The van der Waals surface area contributed by atoms with Gasteiger partial charge in [0.2, 0.25) is 0 Å². The molecule has 3 heterocycles. The molecule has 328 valence electrons. The van der Waals surface area contributed by atoms with Gasteiger partial charge in [-0.3, -0.25) is 14.4 Å². The number of carbonyl (C=O) groups excluding carboxylic acids is 3. The standard InChI is InChI=1S/C44H60N4O12/c1-13-48(14-2)27(9)47-45-20-29-34-39(54)32-31(38(29)53)33-41(26(8)37(32)52)60-44(11,42(33)55)58-19-18-30(57-12)23(5)40(59-28(10)49)25(7)36(51)24(6)35(50)21(3)16-15-17-22(4)43(56)46-34/h15-21,23-25,30,35-36,40,50-54H,13-14H2,1-12H3,(H,46,56)/b16-15+,19-18+,22-17-,45-20?,47-27?/t21-,23-,24+,25-,30-,35-,36+,40+,44-/m0/s1. The fourth-order valence-electron chi connectivity index (χ4n) is 7.79. The summed E-state index contributed by atoms with van der Waals surface area (Å²) in [4.78, 5) is 42.4. The number of amides is 1. The van der Waals surface area contributed by atoms with Crippen LogP contribution >= 0.6 is 0 Å². The number of rotatable bonds is 6. The Morgan fingerprint density at radius 3 is 2.20 bits per heavy atom. The first-order chi connectivity index (χ1) is 28.2. The van der Waals surface area contributed by atoms with E-state index in [0.29, 0.717) is 18.9 Å². The van der Waals surface area contributed by atoms with E-state index >= 15 is 0 Å². The van der Waals surface area contributed by atoms with Crippen LogP contribution in [-0.4, -0.2) is 111 Å². The molecule has 0 aromatic heterocycles. The van der Waals surface area contributed by atoms with E-state index in [-0.39, 0.29) is 44.5 Å². The van der Waals surface area contributed by atoms with Gasteiger partial charge in [0, 0.05) is 74.2 Å². The molecular formula is C44H60N4O12. The Balaban J connectivity index is 2.00. The summed E-state index contributed by atoms with van der Waals surface area (Å²) in [5, 5.41) is 68.7. The highest BCUT2D eigenvalue weighted by Gasteiger charge is 2.50. The topological polar surface area (TPSA) is 229 Å². The Kier molecular flexibility index (Phi) is 15.2. The molecule has 0 saturated carbocycles. The van der Waals surface area contributed by atoms with Crippen LogP contribution in [0.5, 0.6) is 23.0 Å². The number of hydrogen-bond donors (Lipinski definition) is 6. The smallest absolute Gasteiger partial charge is 0.312 e. The largest absolute Gasteiger partial charge is 0.507 e. The van der Waals surface area contributed by atoms with Crippen LogP contribution in [0.2, 0.25) is 0 Å². The third kappa shape index (κ3) is 9.30. The Hall–Kier alpha value is -5.45. The highest BCUT2D eigenvalue weighted by molar-refractivity contribution is 6.23. The number of benzene rings is 2. The molecule has 0 radical (unpaired) electrons. The Bertz CT molecular complexity index is 2120. The number of nitrogens with one attached hydrogen (secondary N) is 1. The number of aliphatic hydroxyl groups excluding tert-OH is 2. The van der Waals surface area contributed by atoms with Gasteiger partial charge in [0.05, 0.1) is 53.0 Å². The third-order valence-electron chi connectivity index (χ3n) is 11.6. The van der Waals surface area contributed by atoms with Crippen LogP contribution in [0.1, 0.15) is 90.7 Å². The maximum atomic E-state index is 14.4. The Morgan fingerprint density at radius 2 is 1.60 bits per heavy atom. The van der Waals surface area contributed by atoms with Gasteiger partial charge in [-0.05, 0) is 40.7 Å². The van der Waals surface area contributed by atoms with E-state index < -0.39 is 88.8 Å². The van der Waals surface area contributed by atoms with Crippen molar-refractivity contribution in [2.24, 2.45) is 33.9 Å². The summed E-state index contributed by atoms with van der Waals surface area (Å²) in [5.41, 5.74) is -0.591. The lowest BCUT2D eigenvalue weighted by Crippen LogP contribution is -2.46. The Labute approximate surface area is 350 Å². The SMILES string of the molecule is CCN(CC)C(C)=NN=Cc1c2c(O)c3c(O)c(C)c4c(c3c1O)C(=O)[C@@](C)(O/C=C/[C@H](OC)[C@H](C)[C@@H](OC(C)=O)[C@@H](C)[C@H](O)[C@H](C)[C@@H](O)[C@@H](C)/C=C/C=C(/C)C(=O)N2)O4. The second-order valence-corrected chi connectivity index (χ2v) is 15.7. The first-order valence-electron chi connectivity index (χ1n) is 20.1. The molecule has 3 aliphatic rings. The molecule has 6 N–H and O–H groups in total. The maximum Gasteiger partial charge on any atom is 0.312 e. The van der Waals surface area contributed by atoms with E-state index in [2.05, 4.69) is 15.5 Å². The number of Topliss-reactive ketones (excluding diaryl/α,β-unsaturated/α-hetero) is 1. The molecule has 0 aliphatic carbocycles. The lowest BCUT2D eigenvalue weighted by atomic mass is 9.78. The van der Waals surface area contributed by atoms with Crippen LogP contribution in [0.4, 0.5) is 5.69 Å². The van der Waals surface area contributed by atoms with Crippen LogP contribution in [0.3, 0.4) is 0 Å². The van der Waals surface area contributed by atoms with Crippen molar-refractivity contribution < 1.29 is 58.9 Å². The molecule has 2 aromatic carbocycles. The van der Waals surface area contributed by atoms with E-state index in [1.807, 2.05) is 18.7 Å². The summed E-state index contributed by atoms with van der Waals surface area (Å²) in [7, 11) is 1.43. The van der Waals surface area contributed by atoms with Crippen LogP contribution in [0.15, 0.2) is 46.3 Å². The normalized spacial score (nSPS) is 30.1. The van der Waals surface area contributed by atoms with Gasteiger partial charge in [0.25, 0.3) is 11.7 Å². The highest BCUT2D eigenvalue weighted by atomic mass is 16.7. The number of phenolic OH excluding ortho intramolecular Hbond substituents is 3. The minimum absolute atomic E-state index is 0.0347. The lowest BCUT2D eigenvalue weighted by Gasteiger charge is -2.38. The zero-order chi connectivity index (χ0) is 45.0. The molecule has 5 bridgehead atoms. The lowest BCUT2D eigenvalue weighted by molar-refractivity contribution is -0.160. The van der Waals surface area contributed by atoms with Crippen molar-refractivity contribution in [1.29, 1.82) is 0 Å². The van der Waals surface area contributed by atoms with Gasteiger partial charge in [-0.25, -0.2) is 0 Å². The number of amidine groups is 1. The quantitative estimate of drug-likeness (QED) is 0.0502. The predicted molar refractivity (Wildman–Crippen MR) is 227 cm³/mol. The number of phenols is 3. The van der Waals surface area contributed by atoms with Gasteiger partial charge in [-0.2, -0.15) is 5.10 Å². The monoisotopic (exact) mass is 836 g/mol. The van der Waals surface area contributed by atoms with Crippen LogP contribution in [-0.2, 0) is 23.8 Å². The van der Waals surface area contributed by atoms with E-state index in [9.17, 15) is 39.9 Å². The molecular weight excluding hydrogens is 776 g/mol. The molecule has 1 amide bonds. The molecule has 60 heavy (non-hydrogen) atoms. The van der Waals surface area contributed by atoms with Crippen molar-refractivity contribution in [3.8, 4) is 23.0 Å². The van der Waals surface area contributed by atoms with Gasteiger partial charge in [0.1, 0.15) is 29.2 Å². The van der Waals surface area contributed by atoms with Crippen molar-refractivity contribution in [2.45, 2.75) is 106 Å². The van der Waals surface area contributed by atoms with Crippen LogP contribution in [0, 0.1) is 30.6 Å². The minimum Gasteiger partial charge on any atom is -0.507 e. The average Bonchev–Trinajstić information content (AvgIpc) is 3.47. The summed E-state index contributed by atoms with van der Waals surface area (Å²) < 4.78 is 23.6. The van der Waals surface area contributed by atoms with Crippen LogP contribution in [0.25, 0.3) is 10.8 Å². The summed E-state index contributed by atoms with van der Waals surface area (Å²) in [5.74, 6) is -8.09. The van der Waals surface area contributed by atoms with Gasteiger partial charge in [-0.15, -0.1) is 5.10 Å². The van der Waals surface area contributed by atoms with E-state index in [4.69, 9.17) is 18.9 Å². The molecule has 16 nitrogen and oxygen atoms in total. The number of hydrogen-bond acceptors (Lipinski definition) is 14. The van der Waals surface area contributed by atoms with Crippen molar-refractivity contribution in [2.75, 3.05) is 25.5 Å². The van der Waals surface area contributed by atoms with Crippen LogP contribution < -0.4 is 10.1 Å². The Morgan fingerprint density at radius 1 is 0.950 bits per heavy atom. The zero-order valence-electron chi connectivity index (χ0n) is 36.4. The number of allylic oxidation sites excluding steroid dienone is 2. The van der Waals surface area contributed by atoms with E-state index in [0.717, 1.165) is 6.21 Å². The molecule has 2 aromatic rings. The van der Waals surface area contributed by atoms with Crippen molar-refractivity contribution >= 4 is 46.2 Å². The van der Waals surface area contributed by atoms with Crippen molar-refractivity contribution in [3.63, 3.8) is 0 Å². The number of aromatic hydroxyl groups is 3. The van der Waals surface area contributed by atoms with E-state index in [1.165, 1.54) is 53.2 Å². The van der Waals surface area contributed by atoms with Gasteiger partial charge in [-0.1, -0.05) is 45.9 Å². The number of esters is 1. The number of carbonyl (C=O) groups is 3. The minimum atomic E-state index is -2.07. The fourth-order valence-corrected chi connectivity index (χ4v) is 7.79. The van der Waals surface area contributed by atoms with Gasteiger partial charge in [0.15, 0.2) is 5.75 Å². The second-order valence-electron chi connectivity index (χ2n) is 15.7. The van der Waals surface area contributed by atoms with Crippen molar-refractivity contribution in [3.05, 3.63) is 52.8 Å². The second kappa shape index (κ2) is 19.3. The number of aliphatic hydroxyl groups is 2. The molecule has 0 saturated heterocycles. The molecule has 3 aliphatic heterocycles. The number of nitrogens with zero attached hydrogens (tertiary/aromatic N) is 3. The fraction of sp³-hybridized carbons (Fsp3) is 0.523. The van der Waals surface area contributed by atoms with E-state index in [1.54, 1.807) is 46.8 Å². The van der Waals surface area contributed by atoms with Gasteiger partial charge < -0.3 is 54.7 Å². The molecule has 5 rings (SSSR count). The molecule has 9 atom stereocenters. The third-order valence-corrected chi connectivity index (χ3v) is 11.6. The average molecular weight is 837 g/mol. The first-order valence-corrected chi connectivity index (χ1v) is 20.1. The number of methoxy groups -OCH3 is 1. The molecule has 0 spiro atoms. The molecule has 0 unspecified atom stereocenters. The molecule has 16 heteroatoms. The number of ketones is 1. The maximum absolute atomic E-state index is 14.4. The first kappa shape index (κ1) is 47.2. The summed E-state index contributed by atoms with van der Waals surface area (Å²) in [6, 6.07) is 0. The predicted octanol–water partition coefficient (Wildman–Crippen LogP) is 5.85. The summed E-state index contributed by atoms with van der Waals surface area (Å²) in [6.45, 7) is 19.4.